The number of likely N-dealkylation sites (N-methyl/N-ethyl adjacent to an activating group) is 1. The van der Waals surface area contributed by atoms with Gasteiger partial charge >= 0.3 is 0 Å². The second-order valence-corrected chi connectivity index (χ2v) is 5.29. The summed E-state index contributed by atoms with van der Waals surface area (Å²) in [5.74, 6) is -0.331. The van der Waals surface area contributed by atoms with Gasteiger partial charge in [-0.1, -0.05) is 18.2 Å². The molecule has 0 aliphatic rings. The number of hydrogen-bond acceptors (Lipinski definition) is 1. The molecule has 0 spiro atoms. The Kier molecular flexibility index (Phi) is 4.73. The molecule has 0 N–H and O–H groups in total. The summed E-state index contributed by atoms with van der Waals surface area (Å²) in [4.78, 5) is 14.2. The fourth-order valence-corrected chi connectivity index (χ4v) is 2.53. The predicted octanol–water partition coefficient (Wildman–Crippen LogP) is 4.04. The topological polar surface area (TPSA) is 20.3 Å². The van der Waals surface area contributed by atoms with E-state index in [0.717, 1.165) is 16.8 Å². The number of anilines is 1. The van der Waals surface area contributed by atoms with Gasteiger partial charge in [0.15, 0.2) is 0 Å². The normalized spacial score (nSPS) is 10.5. The van der Waals surface area contributed by atoms with Gasteiger partial charge in [-0.2, -0.15) is 0 Å². The third-order valence-corrected chi connectivity index (χ3v) is 3.38. The molecule has 0 unspecified atom stereocenters. The zero-order valence-electron chi connectivity index (χ0n) is 12.7. The van der Waals surface area contributed by atoms with Crippen molar-refractivity contribution in [1.29, 1.82) is 0 Å². The summed E-state index contributed by atoms with van der Waals surface area (Å²) < 4.78 is 13.2. The minimum absolute atomic E-state index is 0.0203. The second kappa shape index (κ2) is 6.53. The average Bonchev–Trinajstić information content (AvgIpc) is 2.38. The highest BCUT2D eigenvalue weighted by atomic mass is 19.1. The van der Waals surface area contributed by atoms with Crippen LogP contribution in [0.25, 0.3) is 0 Å². The quantitative estimate of drug-likeness (QED) is 0.830. The molecule has 0 aliphatic carbocycles. The van der Waals surface area contributed by atoms with Crippen molar-refractivity contribution in [1.82, 2.24) is 0 Å². The Morgan fingerprint density at radius 1 is 1.10 bits per heavy atom. The summed E-state index contributed by atoms with van der Waals surface area (Å²) in [6.07, 6.45) is 0.207. The lowest BCUT2D eigenvalue weighted by Gasteiger charge is -2.22. The van der Waals surface area contributed by atoms with Crippen LogP contribution in [0.1, 0.15) is 23.6 Å². The van der Waals surface area contributed by atoms with Crippen LogP contribution in [-0.4, -0.2) is 12.5 Å². The molecule has 0 saturated carbocycles. The summed E-state index contributed by atoms with van der Waals surface area (Å²) in [5, 5.41) is 0. The molecule has 0 heterocycles. The van der Waals surface area contributed by atoms with E-state index in [4.69, 9.17) is 0 Å². The molecule has 0 atom stereocenters. The van der Waals surface area contributed by atoms with Crippen LogP contribution in [0, 0.1) is 19.7 Å². The fourth-order valence-electron chi connectivity index (χ4n) is 2.53. The zero-order chi connectivity index (χ0) is 15.4. The van der Waals surface area contributed by atoms with Crippen LogP contribution in [-0.2, 0) is 11.2 Å². The van der Waals surface area contributed by atoms with E-state index in [2.05, 4.69) is 6.07 Å². The Bertz CT molecular complexity index is 631. The van der Waals surface area contributed by atoms with Crippen LogP contribution in [0.2, 0.25) is 0 Å². The maximum Gasteiger partial charge on any atom is 0.231 e. The number of aryl methyl sites for hydroxylation is 2. The van der Waals surface area contributed by atoms with Crippen molar-refractivity contribution in [2.24, 2.45) is 0 Å². The van der Waals surface area contributed by atoms with Crippen LogP contribution >= 0.6 is 0 Å². The molecule has 2 aromatic carbocycles. The lowest BCUT2D eigenvalue weighted by Crippen LogP contribution is -2.32. The van der Waals surface area contributed by atoms with Gasteiger partial charge in [0.25, 0.3) is 0 Å². The minimum Gasteiger partial charge on any atom is -0.312 e. The van der Waals surface area contributed by atoms with Gasteiger partial charge in [-0.3, -0.25) is 4.79 Å². The van der Waals surface area contributed by atoms with Gasteiger partial charge in [0, 0.05) is 12.2 Å². The summed E-state index contributed by atoms with van der Waals surface area (Å²) in [7, 11) is 0. The molecule has 2 aromatic rings. The van der Waals surface area contributed by atoms with Crippen molar-refractivity contribution in [3.05, 3.63) is 65.0 Å². The van der Waals surface area contributed by atoms with Crippen LogP contribution in [0.4, 0.5) is 10.1 Å². The summed E-state index contributed by atoms with van der Waals surface area (Å²) in [6, 6.07) is 12.3. The number of benzene rings is 2. The van der Waals surface area contributed by atoms with Gasteiger partial charge in [-0.25, -0.2) is 4.39 Å². The molecule has 0 aromatic heterocycles. The molecule has 0 fully saturated rings. The van der Waals surface area contributed by atoms with Crippen molar-refractivity contribution < 1.29 is 9.18 Å². The van der Waals surface area contributed by atoms with Crippen molar-refractivity contribution in [3.63, 3.8) is 0 Å². The number of carbonyl (C=O) groups excluding carboxylic acids is 1. The minimum atomic E-state index is -0.310. The van der Waals surface area contributed by atoms with Crippen LogP contribution < -0.4 is 4.90 Å². The molecule has 110 valence electrons. The number of rotatable bonds is 4. The maximum atomic E-state index is 13.2. The number of carbonyl (C=O) groups is 1. The van der Waals surface area contributed by atoms with E-state index in [9.17, 15) is 9.18 Å². The van der Waals surface area contributed by atoms with Crippen LogP contribution in [0.15, 0.2) is 42.5 Å². The van der Waals surface area contributed by atoms with E-state index in [1.165, 1.54) is 12.1 Å². The van der Waals surface area contributed by atoms with Crippen molar-refractivity contribution in [2.75, 3.05) is 11.4 Å². The zero-order valence-corrected chi connectivity index (χ0v) is 12.7. The summed E-state index contributed by atoms with van der Waals surface area (Å²) in [6.45, 7) is 6.57. The number of halogens is 1. The Balaban J connectivity index is 2.22. The van der Waals surface area contributed by atoms with Gasteiger partial charge in [0.05, 0.1) is 6.42 Å². The molecular weight excluding hydrogens is 265 g/mol. The Labute approximate surface area is 125 Å². The molecule has 0 saturated heterocycles. The van der Waals surface area contributed by atoms with Crippen molar-refractivity contribution in [3.8, 4) is 0 Å². The van der Waals surface area contributed by atoms with Crippen molar-refractivity contribution >= 4 is 11.6 Å². The fraction of sp³-hybridized carbons (Fsp3) is 0.278. The molecule has 0 bridgehead atoms. The van der Waals surface area contributed by atoms with Gasteiger partial charge in [0.2, 0.25) is 5.91 Å². The van der Waals surface area contributed by atoms with Crippen LogP contribution in [0.3, 0.4) is 0 Å². The van der Waals surface area contributed by atoms with Crippen molar-refractivity contribution in [2.45, 2.75) is 27.2 Å². The third kappa shape index (κ3) is 3.91. The molecule has 0 radical (unpaired) electrons. The molecule has 2 rings (SSSR count). The standard InChI is InChI=1S/C18H20FNO/c1-4-20(17-9-13(2)8-14(3)10-17)18(21)12-15-6-5-7-16(19)11-15/h5-11H,4,12H2,1-3H3. The Hall–Kier alpha value is -2.16. The summed E-state index contributed by atoms with van der Waals surface area (Å²) >= 11 is 0. The Morgan fingerprint density at radius 2 is 1.76 bits per heavy atom. The molecule has 0 aliphatic heterocycles. The van der Waals surface area contributed by atoms with E-state index >= 15 is 0 Å². The highest BCUT2D eigenvalue weighted by Gasteiger charge is 2.15. The monoisotopic (exact) mass is 285 g/mol. The molecular formula is C18H20FNO. The first-order valence-corrected chi connectivity index (χ1v) is 7.12. The largest absolute Gasteiger partial charge is 0.312 e. The number of amides is 1. The van der Waals surface area contributed by atoms with Gasteiger partial charge < -0.3 is 4.90 Å². The first kappa shape index (κ1) is 15.2. The first-order chi connectivity index (χ1) is 9.99. The van der Waals surface area contributed by atoms with Gasteiger partial charge in [0.1, 0.15) is 5.82 Å². The van der Waals surface area contributed by atoms with Crippen LogP contribution in [0.5, 0.6) is 0 Å². The number of nitrogens with zero attached hydrogens (tertiary/aromatic N) is 1. The lowest BCUT2D eigenvalue weighted by molar-refractivity contribution is -0.117. The van der Waals surface area contributed by atoms with E-state index in [-0.39, 0.29) is 18.1 Å². The van der Waals surface area contributed by atoms with E-state index < -0.39 is 0 Å². The second-order valence-electron chi connectivity index (χ2n) is 5.29. The smallest absolute Gasteiger partial charge is 0.231 e. The molecule has 1 amide bonds. The molecule has 2 nitrogen and oxygen atoms in total. The third-order valence-electron chi connectivity index (χ3n) is 3.38. The Morgan fingerprint density at radius 3 is 2.33 bits per heavy atom. The summed E-state index contributed by atoms with van der Waals surface area (Å²) in [5.41, 5.74) is 3.85. The van der Waals surface area contributed by atoms with E-state index in [1.54, 1.807) is 17.0 Å². The van der Waals surface area contributed by atoms with E-state index in [0.29, 0.717) is 12.1 Å². The molecule has 3 heteroatoms. The maximum absolute atomic E-state index is 13.2. The number of hydrogen-bond donors (Lipinski definition) is 0. The van der Waals surface area contributed by atoms with E-state index in [1.807, 2.05) is 32.9 Å². The SMILES string of the molecule is CCN(C(=O)Cc1cccc(F)c1)c1cc(C)cc(C)c1. The predicted molar refractivity (Wildman–Crippen MR) is 84.0 cm³/mol. The highest BCUT2D eigenvalue weighted by molar-refractivity contribution is 5.94. The van der Waals surface area contributed by atoms with Gasteiger partial charge in [-0.05, 0) is 61.7 Å². The lowest BCUT2D eigenvalue weighted by atomic mass is 10.1. The molecule has 21 heavy (non-hydrogen) atoms. The first-order valence-electron chi connectivity index (χ1n) is 7.12. The highest BCUT2D eigenvalue weighted by Crippen LogP contribution is 2.20. The van der Waals surface area contributed by atoms with Gasteiger partial charge in [-0.15, -0.1) is 0 Å². The average molecular weight is 285 g/mol.